The molecule has 9 atom stereocenters. The summed E-state index contributed by atoms with van der Waals surface area (Å²) < 4.78 is 11.5. The fraction of sp³-hybridized carbons (Fsp3) is 0.941. The highest BCUT2D eigenvalue weighted by molar-refractivity contribution is 5.75. The quantitative estimate of drug-likeness (QED) is 0.813. The van der Waals surface area contributed by atoms with E-state index in [9.17, 15) is 9.90 Å². The first-order valence-electron chi connectivity index (χ1n) is 8.45. The Morgan fingerprint density at radius 2 is 1.86 bits per heavy atom. The van der Waals surface area contributed by atoms with Crippen molar-refractivity contribution in [1.29, 1.82) is 0 Å². The molecule has 2 saturated carbocycles. The lowest BCUT2D eigenvalue weighted by Gasteiger charge is -2.43. The molecule has 0 aromatic carbocycles. The van der Waals surface area contributed by atoms with Crippen molar-refractivity contribution in [1.82, 2.24) is 0 Å². The van der Waals surface area contributed by atoms with Crippen LogP contribution >= 0.6 is 0 Å². The number of hydrogen-bond acceptors (Lipinski definition) is 3. The fourth-order valence-electron chi connectivity index (χ4n) is 5.09. The van der Waals surface area contributed by atoms with Gasteiger partial charge in [0.2, 0.25) is 0 Å². The van der Waals surface area contributed by atoms with Gasteiger partial charge in [0.05, 0.1) is 29.8 Å². The highest BCUT2D eigenvalue weighted by atomic mass is 16.6. The lowest BCUT2D eigenvalue weighted by atomic mass is 9.58. The zero-order valence-electron chi connectivity index (χ0n) is 13.1. The molecule has 1 N–H and O–H groups in total. The van der Waals surface area contributed by atoms with Crippen LogP contribution in [0.4, 0.5) is 0 Å². The van der Waals surface area contributed by atoms with E-state index in [4.69, 9.17) is 9.47 Å². The molecule has 2 heterocycles. The van der Waals surface area contributed by atoms with Crippen LogP contribution in [-0.2, 0) is 14.3 Å². The molecule has 2 saturated heterocycles. The summed E-state index contributed by atoms with van der Waals surface area (Å²) in [7, 11) is 0. The van der Waals surface area contributed by atoms with Gasteiger partial charge in [0.1, 0.15) is 0 Å². The average Bonchev–Trinajstić information content (AvgIpc) is 3.29. The molecule has 4 aliphatic rings. The minimum Gasteiger partial charge on any atom is -0.481 e. The Morgan fingerprint density at radius 1 is 1.14 bits per heavy atom. The molecule has 4 nitrogen and oxygen atoms in total. The monoisotopic (exact) mass is 294 g/mol. The number of rotatable bonds is 3. The van der Waals surface area contributed by atoms with E-state index in [2.05, 4.69) is 13.8 Å². The minimum atomic E-state index is -0.641. The van der Waals surface area contributed by atoms with E-state index in [1.54, 1.807) is 0 Å². The number of aliphatic carboxylic acids is 1. The second kappa shape index (κ2) is 4.45. The SMILES string of the molecule is CC1CC2OC2CC1CC1C2OC2CC(C)C1(C)C(=O)O. The van der Waals surface area contributed by atoms with Crippen molar-refractivity contribution in [3.63, 3.8) is 0 Å². The van der Waals surface area contributed by atoms with Crippen LogP contribution in [0, 0.1) is 29.1 Å². The van der Waals surface area contributed by atoms with Crippen LogP contribution in [0.1, 0.15) is 46.5 Å². The van der Waals surface area contributed by atoms with Crippen LogP contribution in [0.25, 0.3) is 0 Å². The molecule has 0 bridgehead atoms. The van der Waals surface area contributed by atoms with E-state index in [0.29, 0.717) is 30.1 Å². The fourth-order valence-corrected chi connectivity index (χ4v) is 5.09. The maximum Gasteiger partial charge on any atom is 0.310 e. The zero-order chi connectivity index (χ0) is 14.9. The molecule has 118 valence electrons. The maximum absolute atomic E-state index is 12.0. The van der Waals surface area contributed by atoms with Gasteiger partial charge in [-0.05, 0) is 50.4 Å². The molecular weight excluding hydrogens is 268 g/mol. The van der Waals surface area contributed by atoms with Gasteiger partial charge in [-0.3, -0.25) is 4.79 Å². The largest absolute Gasteiger partial charge is 0.481 e. The van der Waals surface area contributed by atoms with Crippen LogP contribution < -0.4 is 0 Å². The summed E-state index contributed by atoms with van der Waals surface area (Å²) >= 11 is 0. The van der Waals surface area contributed by atoms with Crippen molar-refractivity contribution in [3.05, 3.63) is 0 Å². The maximum atomic E-state index is 12.0. The lowest BCUT2D eigenvalue weighted by molar-refractivity contribution is -0.158. The van der Waals surface area contributed by atoms with Gasteiger partial charge in [-0.1, -0.05) is 13.8 Å². The van der Waals surface area contributed by atoms with Gasteiger partial charge < -0.3 is 14.6 Å². The highest BCUT2D eigenvalue weighted by Gasteiger charge is 2.63. The van der Waals surface area contributed by atoms with E-state index in [0.717, 1.165) is 25.7 Å². The van der Waals surface area contributed by atoms with Crippen LogP contribution in [0.2, 0.25) is 0 Å². The lowest BCUT2D eigenvalue weighted by Crippen LogP contribution is -2.48. The molecule has 0 aromatic heterocycles. The second-order valence-electron chi connectivity index (χ2n) is 8.13. The average molecular weight is 294 g/mol. The summed E-state index contributed by atoms with van der Waals surface area (Å²) in [6.45, 7) is 6.34. The number of hydrogen-bond donors (Lipinski definition) is 1. The summed E-state index contributed by atoms with van der Waals surface area (Å²) in [5.74, 6) is 0.936. The van der Waals surface area contributed by atoms with Gasteiger partial charge in [-0.2, -0.15) is 0 Å². The van der Waals surface area contributed by atoms with Crippen molar-refractivity contribution in [2.24, 2.45) is 29.1 Å². The van der Waals surface area contributed by atoms with Gasteiger partial charge in [-0.25, -0.2) is 0 Å². The highest BCUT2D eigenvalue weighted by Crippen LogP contribution is 2.57. The van der Waals surface area contributed by atoms with Crippen molar-refractivity contribution >= 4 is 5.97 Å². The van der Waals surface area contributed by atoms with Gasteiger partial charge >= 0.3 is 5.97 Å². The molecule has 2 aliphatic carbocycles. The van der Waals surface area contributed by atoms with Crippen LogP contribution in [-0.4, -0.2) is 35.5 Å². The van der Waals surface area contributed by atoms with Crippen molar-refractivity contribution < 1.29 is 19.4 Å². The molecular formula is C17H26O4. The predicted octanol–water partition coefficient (Wildman–Crippen LogP) is 2.70. The first-order chi connectivity index (χ1) is 9.91. The summed E-state index contributed by atoms with van der Waals surface area (Å²) in [5, 5.41) is 9.85. The number of fused-ring (bicyclic) bond motifs is 2. The third kappa shape index (κ3) is 2.06. The van der Waals surface area contributed by atoms with Gasteiger partial charge in [0, 0.05) is 5.92 Å². The molecule has 0 spiro atoms. The Kier molecular flexibility index (Phi) is 2.97. The van der Waals surface area contributed by atoms with E-state index >= 15 is 0 Å². The van der Waals surface area contributed by atoms with Crippen LogP contribution in [0.3, 0.4) is 0 Å². The van der Waals surface area contributed by atoms with Gasteiger partial charge in [-0.15, -0.1) is 0 Å². The Bertz CT molecular complexity index is 464. The molecule has 0 aromatic rings. The number of carbonyl (C=O) groups is 1. The molecule has 9 unspecified atom stereocenters. The molecule has 4 fully saturated rings. The van der Waals surface area contributed by atoms with Gasteiger partial charge in [0.25, 0.3) is 0 Å². The first kappa shape index (κ1) is 14.0. The van der Waals surface area contributed by atoms with E-state index in [1.165, 1.54) is 0 Å². The smallest absolute Gasteiger partial charge is 0.310 e. The van der Waals surface area contributed by atoms with Crippen molar-refractivity contribution in [2.75, 3.05) is 0 Å². The standard InChI is InChI=1S/C17H26O4/c1-8-4-12-13(20-12)7-10(8)6-11-15-14(21-15)5-9(2)17(11,3)16(18)19/h8-15H,4-7H2,1-3H3,(H,18,19). The molecule has 0 amide bonds. The number of carboxylic acids is 1. The normalized spacial score (nSPS) is 58.0. The second-order valence-corrected chi connectivity index (χ2v) is 8.13. The number of carboxylic acid groups (broad SMARTS) is 1. The molecule has 21 heavy (non-hydrogen) atoms. The van der Waals surface area contributed by atoms with Crippen molar-refractivity contribution in [3.8, 4) is 0 Å². The summed E-state index contributed by atoms with van der Waals surface area (Å²) in [6.07, 6.45) is 5.62. The zero-order valence-corrected chi connectivity index (χ0v) is 13.1. The van der Waals surface area contributed by atoms with E-state index < -0.39 is 11.4 Å². The van der Waals surface area contributed by atoms with Gasteiger partial charge in [0.15, 0.2) is 0 Å². The van der Waals surface area contributed by atoms with Crippen molar-refractivity contribution in [2.45, 2.75) is 70.9 Å². The van der Waals surface area contributed by atoms with Crippen LogP contribution in [0.15, 0.2) is 0 Å². The van der Waals surface area contributed by atoms with E-state index in [-0.39, 0.29) is 17.9 Å². The third-order valence-electron chi connectivity index (χ3n) is 7.05. The summed E-state index contributed by atoms with van der Waals surface area (Å²) in [6, 6.07) is 0. The summed E-state index contributed by atoms with van der Waals surface area (Å²) in [5.41, 5.74) is -0.640. The van der Waals surface area contributed by atoms with E-state index in [1.807, 2.05) is 6.92 Å². The minimum absolute atomic E-state index is 0.159. The molecule has 2 aliphatic heterocycles. The molecule has 4 rings (SSSR count). The Balaban J connectivity index is 1.55. The molecule has 4 heteroatoms. The number of epoxide rings is 2. The van der Waals surface area contributed by atoms with Crippen LogP contribution in [0.5, 0.6) is 0 Å². The predicted molar refractivity (Wildman–Crippen MR) is 76.8 cm³/mol. The topological polar surface area (TPSA) is 62.4 Å². The summed E-state index contributed by atoms with van der Waals surface area (Å²) in [4.78, 5) is 12.0. The Morgan fingerprint density at radius 3 is 2.57 bits per heavy atom. The molecule has 0 radical (unpaired) electrons. The number of ether oxygens (including phenoxy) is 2. The first-order valence-corrected chi connectivity index (χ1v) is 8.45. The third-order valence-corrected chi connectivity index (χ3v) is 7.05. The Hall–Kier alpha value is -0.610. The Labute approximate surface area is 126 Å².